The molecule has 0 radical (unpaired) electrons. The van der Waals surface area contributed by atoms with Gasteiger partial charge in [-0.25, -0.2) is 4.98 Å². The highest BCUT2D eigenvalue weighted by Gasteiger charge is 1.90. The largest absolute Gasteiger partial charge is 0.397 e. The average molecular weight is 149 g/mol. The van der Waals surface area contributed by atoms with E-state index in [0.29, 0.717) is 5.69 Å². The summed E-state index contributed by atoms with van der Waals surface area (Å²) in [5.74, 6) is 0.770. The lowest BCUT2D eigenvalue weighted by Gasteiger charge is -2.02. The van der Waals surface area contributed by atoms with Crippen LogP contribution in [0.5, 0.6) is 0 Å². The first kappa shape index (κ1) is 7.60. The van der Waals surface area contributed by atoms with Crippen LogP contribution in [0.15, 0.2) is 30.6 Å². The Balaban J connectivity index is 2.74. The summed E-state index contributed by atoms with van der Waals surface area (Å²) in [5, 5.41) is 2.97. The number of nitrogens with zero attached hydrogens (tertiary/aromatic N) is 1. The number of allylic oxidation sites excluding steroid dienone is 1. The molecular formula is C8H11N3. The van der Waals surface area contributed by atoms with E-state index < -0.39 is 0 Å². The average Bonchev–Trinajstić information content (AvgIpc) is 1.93. The van der Waals surface area contributed by atoms with Crippen LogP contribution in [-0.4, -0.2) is 4.98 Å². The molecule has 0 fully saturated rings. The number of anilines is 2. The van der Waals surface area contributed by atoms with E-state index in [4.69, 9.17) is 5.73 Å². The van der Waals surface area contributed by atoms with Crippen LogP contribution in [0.3, 0.4) is 0 Å². The lowest BCUT2D eigenvalue weighted by Crippen LogP contribution is -1.96. The third kappa shape index (κ3) is 2.29. The molecule has 0 unspecified atom stereocenters. The number of nitrogens with two attached hydrogens (primary N) is 1. The van der Waals surface area contributed by atoms with Gasteiger partial charge in [0.05, 0.1) is 11.9 Å². The smallest absolute Gasteiger partial charge is 0.130 e. The molecule has 1 rings (SSSR count). The molecule has 0 aliphatic heterocycles. The number of nitrogen functional groups attached to an aromatic ring is 1. The van der Waals surface area contributed by atoms with E-state index in [2.05, 4.69) is 16.9 Å². The van der Waals surface area contributed by atoms with Crippen molar-refractivity contribution in [3.8, 4) is 0 Å². The molecule has 1 heterocycles. The molecule has 58 valence electrons. The van der Waals surface area contributed by atoms with Crippen LogP contribution >= 0.6 is 0 Å². The van der Waals surface area contributed by atoms with Gasteiger partial charge in [-0.2, -0.15) is 0 Å². The summed E-state index contributed by atoms with van der Waals surface area (Å²) >= 11 is 0. The maximum atomic E-state index is 5.44. The second kappa shape index (κ2) is 3.05. The molecule has 0 aliphatic carbocycles. The van der Waals surface area contributed by atoms with E-state index in [-0.39, 0.29) is 0 Å². The molecular weight excluding hydrogens is 138 g/mol. The summed E-state index contributed by atoms with van der Waals surface area (Å²) in [5.41, 5.74) is 6.97. The monoisotopic (exact) mass is 149 g/mol. The molecule has 0 atom stereocenters. The molecule has 0 aliphatic rings. The van der Waals surface area contributed by atoms with Crippen LogP contribution in [-0.2, 0) is 0 Å². The van der Waals surface area contributed by atoms with Gasteiger partial charge in [-0.05, 0) is 19.1 Å². The van der Waals surface area contributed by atoms with Crippen molar-refractivity contribution in [2.24, 2.45) is 0 Å². The molecule has 11 heavy (non-hydrogen) atoms. The zero-order valence-electron chi connectivity index (χ0n) is 6.46. The normalized spacial score (nSPS) is 9.18. The molecule has 0 amide bonds. The quantitative estimate of drug-likeness (QED) is 0.671. The van der Waals surface area contributed by atoms with E-state index in [1.54, 1.807) is 12.3 Å². The predicted octanol–water partition coefficient (Wildman–Crippen LogP) is 1.61. The van der Waals surface area contributed by atoms with E-state index in [1.165, 1.54) is 0 Å². The van der Waals surface area contributed by atoms with Crippen LogP contribution in [0, 0.1) is 0 Å². The molecule has 0 aromatic carbocycles. The lowest BCUT2D eigenvalue weighted by atomic mass is 10.4. The molecule has 0 saturated carbocycles. The SMILES string of the molecule is C=C(C)Nc1ccc(N)cn1. The minimum atomic E-state index is 0.664. The highest BCUT2D eigenvalue weighted by molar-refractivity contribution is 5.46. The minimum Gasteiger partial charge on any atom is -0.397 e. The van der Waals surface area contributed by atoms with Crippen LogP contribution < -0.4 is 11.1 Å². The Bertz CT molecular complexity index is 251. The second-order valence-electron chi connectivity index (χ2n) is 2.38. The number of nitrogens with one attached hydrogen (secondary N) is 1. The molecule has 3 nitrogen and oxygen atoms in total. The number of rotatable bonds is 2. The summed E-state index contributed by atoms with van der Waals surface area (Å²) in [6.07, 6.45) is 1.60. The Morgan fingerprint density at radius 2 is 2.36 bits per heavy atom. The van der Waals surface area contributed by atoms with Crippen molar-refractivity contribution in [2.45, 2.75) is 6.92 Å². The van der Waals surface area contributed by atoms with Gasteiger partial charge >= 0.3 is 0 Å². The maximum Gasteiger partial charge on any atom is 0.130 e. The first-order valence-electron chi connectivity index (χ1n) is 3.32. The van der Waals surface area contributed by atoms with E-state index >= 15 is 0 Å². The van der Waals surface area contributed by atoms with Crippen LogP contribution in [0.4, 0.5) is 11.5 Å². The number of hydrogen-bond acceptors (Lipinski definition) is 3. The van der Waals surface area contributed by atoms with Gasteiger partial charge in [0.25, 0.3) is 0 Å². The van der Waals surface area contributed by atoms with Crippen molar-refractivity contribution in [1.82, 2.24) is 4.98 Å². The first-order valence-corrected chi connectivity index (χ1v) is 3.32. The van der Waals surface area contributed by atoms with Crippen molar-refractivity contribution >= 4 is 11.5 Å². The van der Waals surface area contributed by atoms with E-state index in [9.17, 15) is 0 Å². The fourth-order valence-corrected chi connectivity index (χ4v) is 0.698. The molecule has 0 bridgehead atoms. The Hall–Kier alpha value is -1.51. The van der Waals surface area contributed by atoms with Crippen molar-refractivity contribution in [3.05, 3.63) is 30.6 Å². The fourth-order valence-electron chi connectivity index (χ4n) is 0.698. The standard InChI is InChI=1S/C8H11N3/c1-6(2)11-8-4-3-7(9)5-10-8/h3-5H,1,9H2,2H3,(H,10,11). The van der Waals surface area contributed by atoms with Gasteiger partial charge < -0.3 is 11.1 Å². The minimum absolute atomic E-state index is 0.664. The number of hydrogen-bond donors (Lipinski definition) is 2. The van der Waals surface area contributed by atoms with Gasteiger partial charge in [-0.1, -0.05) is 6.58 Å². The van der Waals surface area contributed by atoms with Crippen LogP contribution in [0.25, 0.3) is 0 Å². The molecule has 3 N–H and O–H groups in total. The van der Waals surface area contributed by atoms with Gasteiger partial charge in [-0.3, -0.25) is 0 Å². The highest BCUT2D eigenvalue weighted by Crippen LogP contribution is 2.07. The maximum absolute atomic E-state index is 5.44. The summed E-state index contributed by atoms with van der Waals surface area (Å²) in [6.45, 7) is 5.56. The molecule has 1 aromatic rings. The second-order valence-corrected chi connectivity index (χ2v) is 2.38. The van der Waals surface area contributed by atoms with Gasteiger partial charge in [0.15, 0.2) is 0 Å². The number of aromatic nitrogens is 1. The first-order chi connectivity index (χ1) is 5.18. The van der Waals surface area contributed by atoms with Gasteiger partial charge in [0, 0.05) is 5.70 Å². The highest BCUT2D eigenvalue weighted by atomic mass is 15.0. The van der Waals surface area contributed by atoms with E-state index in [1.807, 2.05) is 13.0 Å². The predicted molar refractivity (Wildman–Crippen MR) is 47.1 cm³/mol. The Morgan fingerprint density at radius 1 is 1.64 bits per heavy atom. The van der Waals surface area contributed by atoms with Crippen LogP contribution in [0.2, 0.25) is 0 Å². The Labute approximate surface area is 65.9 Å². The lowest BCUT2D eigenvalue weighted by molar-refractivity contribution is 1.27. The molecule has 1 aromatic heterocycles. The zero-order valence-corrected chi connectivity index (χ0v) is 6.46. The summed E-state index contributed by atoms with van der Waals surface area (Å²) in [7, 11) is 0. The number of pyridine rings is 1. The molecule has 0 saturated heterocycles. The Kier molecular flexibility index (Phi) is 2.11. The van der Waals surface area contributed by atoms with E-state index in [0.717, 1.165) is 11.5 Å². The van der Waals surface area contributed by atoms with Crippen molar-refractivity contribution < 1.29 is 0 Å². The van der Waals surface area contributed by atoms with Crippen molar-refractivity contribution in [1.29, 1.82) is 0 Å². The van der Waals surface area contributed by atoms with Crippen LogP contribution in [0.1, 0.15) is 6.92 Å². The van der Waals surface area contributed by atoms with Crippen molar-refractivity contribution in [2.75, 3.05) is 11.1 Å². The molecule has 0 spiro atoms. The van der Waals surface area contributed by atoms with Gasteiger partial charge in [0.2, 0.25) is 0 Å². The third-order valence-corrected chi connectivity index (χ3v) is 1.13. The fraction of sp³-hybridized carbons (Fsp3) is 0.125. The topological polar surface area (TPSA) is 50.9 Å². The van der Waals surface area contributed by atoms with Crippen molar-refractivity contribution in [3.63, 3.8) is 0 Å². The summed E-state index contributed by atoms with van der Waals surface area (Å²) in [6, 6.07) is 3.60. The summed E-state index contributed by atoms with van der Waals surface area (Å²) in [4.78, 5) is 4.02. The Morgan fingerprint density at radius 3 is 2.82 bits per heavy atom. The third-order valence-electron chi connectivity index (χ3n) is 1.13. The van der Waals surface area contributed by atoms with Gasteiger partial charge in [-0.15, -0.1) is 0 Å². The summed E-state index contributed by atoms with van der Waals surface area (Å²) < 4.78 is 0. The zero-order chi connectivity index (χ0) is 8.27. The molecule has 3 heteroatoms. The van der Waals surface area contributed by atoms with Gasteiger partial charge in [0.1, 0.15) is 5.82 Å².